The SMILES string of the molecule is Cc1cc(Sc2cccnc2)ncn1. The first kappa shape index (κ1) is 9.15. The van der Waals surface area contributed by atoms with Crippen molar-refractivity contribution in [2.24, 2.45) is 0 Å². The molecule has 0 saturated carbocycles. The van der Waals surface area contributed by atoms with Gasteiger partial charge in [0.05, 0.1) is 0 Å². The van der Waals surface area contributed by atoms with Crippen molar-refractivity contribution >= 4 is 11.8 Å². The molecular formula is C10H9N3S. The summed E-state index contributed by atoms with van der Waals surface area (Å²) >= 11 is 1.59. The predicted octanol–water partition coefficient (Wildman–Crippen LogP) is 2.33. The van der Waals surface area contributed by atoms with Crippen LogP contribution in [0.3, 0.4) is 0 Å². The molecule has 0 fully saturated rings. The lowest BCUT2D eigenvalue weighted by Gasteiger charge is -1.99. The highest BCUT2D eigenvalue weighted by atomic mass is 32.2. The zero-order chi connectivity index (χ0) is 9.80. The van der Waals surface area contributed by atoms with Crippen LogP contribution in [-0.4, -0.2) is 15.0 Å². The van der Waals surface area contributed by atoms with Crippen molar-refractivity contribution in [1.29, 1.82) is 0 Å². The van der Waals surface area contributed by atoms with Gasteiger partial charge in [0.2, 0.25) is 0 Å². The van der Waals surface area contributed by atoms with Crippen LogP contribution in [0.2, 0.25) is 0 Å². The zero-order valence-electron chi connectivity index (χ0n) is 7.71. The van der Waals surface area contributed by atoms with Gasteiger partial charge in [0.25, 0.3) is 0 Å². The molecule has 2 rings (SSSR count). The maximum absolute atomic E-state index is 4.16. The van der Waals surface area contributed by atoms with Crippen molar-refractivity contribution in [2.45, 2.75) is 16.8 Å². The minimum atomic E-state index is 0.950. The Morgan fingerprint density at radius 3 is 2.93 bits per heavy atom. The summed E-state index contributed by atoms with van der Waals surface area (Å²) in [6.07, 6.45) is 5.16. The van der Waals surface area contributed by atoms with E-state index in [1.165, 1.54) is 0 Å². The molecule has 14 heavy (non-hydrogen) atoms. The number of aryl methyl sites for hydroxylation is 1. The van der Waals surface area contributed by atoms with Crippen molar-refractivity contribution in [3.05, 3.63) is 42.6 Å². The van der Waals surface area contributed by atoms with E-state index in [1.54, 1.807) is 24.3 Å². The van der Waals surface area contributed by atoms with Gasteiger partial charge in [0, 0.05) is 23.0 Å². The van der Waals surface area contributed by atoms with Crippen LogP contribution >= 0.6 is 11.8 Å². The maximum Gasteiger partial charge on any atom is 0.116 e. The number of hydrogen-bond donors (Lipinski definition) is 0. The van der Waals surface area contributed by atoms with Crippen LogP contribution in [-0.2, 0) is 0 Å². The van der Waals surface area contributed by atoms with Crippen molar-refractivity contribution < 1.29 is 0 Å². The third-order valence-corrected chi connectivity index (χ3v) is 2.55. The van der Waals surface area contributed by atoms with Gasteiger partial charge in [-0.2, -0.15) is 0 Å². The van der Waals surface area contributed by atoms with E-state index >= 15 is 0 Å². The van der Waals surface area contributed by atoms with Crippen LogP contribution in [0.4, 0.5) is 0 Å². The molecule has 0 atom stereocenters. The molecule has 0 radical (unpaired) electrons. The lowest BCUT2D eigenvalue weighted by Crippen LogP contribution is -1.85. The topological polar surface area (TPSA) is 38.7 Å². The Bertz CT molecular complexity index is 417. The van der Waals surface area contributed by atoms with E-state index < -0.39 is 0 Å². The Kier molecular flexibility index (Phi) is 2.74. The summed E-state index contributed by atoms with van der Waals surface area (Å²) in [7, 11) is 0. The largest absolute Gasteiger partial charge is 0.264 e. The Balaban J connectivity index is 2.19. The molecule has 4 heteroatoms. The highest BCUT2D eigenvalue weighted by Gasteiger charge is 1.98. The first-order valence-electron chi connectivity index (χ1n) is 4.21. The van der Waals surface area contributed by atoms with Crippen LogP contribution in [0.5, 0.6) is 0 Å². The second-order valence-electron chi connectivity index (χ2n) is 2.79. The van der Waals surface area contributed by atoms with E-state index in [9.17, 15) is 0 Å². The molecule has 0 amide bonds. The van der Waals surface area contributed by atoms with Gasteiger partial charge < -0.3 is 0 Å². The number of hydrogen-bond acceptors (Lipinski definition) is 4. The lowest BCUT2D eigenvalue weighted by molar-refractivity contribution is 1.01. The molecule has 70 valence electrons. The minimum Gasteiger partial charge on any atom is -0.264 e. The van der Waals surface area contributed by atoms with E-state index in [2.05, 4.69) is 15.0 Å². The molecule has 0 aliphatic heterocycles. The Morgan fingerprint density at radius 1 is 1.29 bits per heavy atom. The van der Waals surface area contributed by atoms with E-state index in [-0.39, 0.29) is 0 Å². The van der Waals surface area contributed by atoms with Gasteiger partial charge in [-0.25, -0.2) is 9.97 Å². The van der Waals surface area contributed by atoms with Crippen molar-refractivity contribution in [1.82, 2.24) is 15.0 Å². The number of rotatable bonds is 2. The molecule has 0 N–H and O–H groups in total. The Hall–Kier alpha value is -1.42. The summed E-state index contributed by atoms with van der Waals surface area (Å²) in [6.45, 7) is 1.95. The van der Waals surface area contributed by atoms with Crippen molar-refractivity contribution in [3.8, 4) is 0 Å². The average Bonchev–Trinajstić information content (AvgIpc) is 2.19. The molecule has 0 bridgehead atoms. The Morgan fingerprint density at radius 2 is 2.21 bits per heavy atom. The normalized spacial score (nSPS) is 10.1. The fourth-order valence-electron chi connectivity index (χ4n) is 1.01. The molecule has 2 aromatic heterocycles. The molecular weight excluding hydrogens is 194 g/mol. The summed E-state index contributed by atoms with van der Waals surface area (Å²) in [4.78, 5) is 13.3. The summed E-state index contributed by atoms with van der Waals surface area (Å²) in [5, 5.41) is 0.950. The van der Waals surface area contributed by atoms with Gasteiger partial charge in [0.1, 0.15) is 11.4 Å². The van der Waals surface area contributed by atoms with Crippen molar-refractivity contribution in [3.63, 3.8) is 0 Å². The monoisotopic (exact) mass is 203 g/mol. The highest BCUT2D eigenvalue weighted by molar-refractivity contribution is 7.99. The van der Waals surface area contributed by atoms with Crippen LogP contribution < -0.4 is 0 Å². The number of aromatic nitrogens is 3. The molecule has 2 aromatic rings. The third kappa shape index (κ3) is 2.29. The van der Waals surface area contributed by atoms with Gasteiger partial charge in [-0.1, -0.05) is 11.8 Å². The Labute approximate surface area is 86.6 Å². The molecule has 0 aliphatic rings. The fourth-order valence-corrected chi connectivity index (χ4v) is 1.85. The molecule has 0 unspecified atom stereocenters. The zero-order valence-corrected chi connectivity index (χ0v) is 8.53. The third-order valence-electron chi connectivity index (χ3n) is 1.64. The predicted molar refractivity (Wildman–Crippen MR) is 55.1 cm³/mol. The van der Waals surface area contributed by atoms with Gasteiger partial charge in [-0.3, -0.25) is 4.98 Å². The van der Waals surface area contributed by atoms with Crippen LogP contribution in [0, 0.1) is 6.92 Å². The van der Waals surface area contributed by atoms with Crippen molar-refractivity contribution in [2.75, 3.05) is 0 Å². The van der Waals surface area contributed by atoms with Crippen LogP contribution in [0.15, 0.2) is 46.8 Å². The molecule has 0 aliphatic carbocycles. The summed E-state index contributed by atoms with van der Waals surface area (Å²) < 4.78 is 0. The highest BCUT2D eigenvalue weighted by Crippen LogP contribution is 2.24. The first-order chi connectivity index (χ1) is 6.84. The van der Waals surface area contributed by atoms with E-state index in [4.69, 9.17) is 0 Å². The minimum absolute atomic E-state index is 0.950. The second-order valence-corrected chi connectivity index (χ2v) is 3.88. The van der Waals surface area contributed by atoms with Gasteiger partial charge in [-0.05, 0) is 25.1 Å². The maximum atomic E-state index is 4.16. The average molecular weight is 203 g/mol. The quantitative estimate of drug-likeness (QED) is 0.702. The molecule has 0 saturated heterocycles. The molecule has 0 spiro atoms. The molecule has 3 nitrogen and oxygen atoms in total. The number of pyridine rings is 1. The van der Waals surface area contributed by atoms with E-state index in [0.29, 0.717) is 0 Å². The van der Waals surface area contributed by atoms with E-state index in [0.717, 1.165) is 15.6 Å². The van der Waals surface area contributed by atoms with E-state index in [1.807, 2.05) is 31.3 Å². The summed E-state index contributed by atoms with van der Waals surface area (Å²) in [5.41, 5.74) is 0.978. The standard InChI is InChI=1S/C10H9N3S/c1-8-5-10(13-7-12-8)14-9-3-2-4-11-6-9/h2-7H,1H3. The first-order valence-corrected chi connectivity index (χ1v) is 5.03. The summed E-state index contributed by atoms with van der Waals surface area (Å²) in [6, 6.07) is 5.88. The molecule has 2 heterocycles. The summed E-state index contributed by atoms with van der Waals surface area (Å²) in [5.74, 6) is 0. The van der Waals surface area contributed by atoms with Crippen LogP contribution in [0.25, 0.3) is 0 Å². The van der Waals surface area contributed by atoms with Gasteiger partial charge >= 0.3 is 0 Å². The smallest absolute Gasteiger partial charge is 0.116 e. The molecule has 0 aromatic carbocycles. The fraction of sp³-hybridized carbons (Fsp3) is 0.100. The number of nitrogens with zero attached hydrogens (tertiary/aromatic N) is 3. The van der Waals surface area contributed by atoms with Gasteiger partial charge in [0.15, 0.2) is 0 Å². The second kappa shape index (κ2) is 4.19. The van der Waals surface area contributed by atoms with Gasteiger partial charge in [-0.15, -0.1) is 0 Å². The van der Waals surface area contributed by atoms with Crippen LogP contribution in [0.1, 0.15) is 5.69 Å². The lowest BCUT2D eigenvalue weighted by atomic mass is 10.5.